The van der Waals surface area contributed by atoms with Crippen molar-refractivity contribution >= 4 is 0 Å². The molecule has 1 aromatic rings. The molecule has 2 N–H and O–H groups in total. The number of aromatic nitrogens is 2. The Hall–Kier alpha value is -0.870. The highest BCUT2D eigenvalue weighted by Crippen LogP contribution is 2.30. The first kappa shape index (κ1) is 12.6. The highest BCUT2D eigenvalue weighted by atomic mass is 15.2. The van der Waals surface area contributed by atoms with Crippen molar-refractivity contribution in [1.29, 1.82) is 0 Å². The summed E-state index contributed by atoms with van der Waals surface area (Å²) in [6.45, 7) is 7.25. The van der Waals surface area contributed by atoms with Gasteiger partial charge in [0.15, 0.2) is 0 Å². The van der Waals surface area contributed by atoms with Gasteiger partial charge in [-0.15, -0.1) is 0 Å². The molecule has 0 aromatic carbocycles. The second kappa shape index (κ2) is 5.65. The standard InChI is InChI=1S/C13H24N4/c1-3-11-6-5-7-17(11)12(8-14)13-9-15-10-16(13)4-2/h9-12H,3-8,14H2,1-2H3. The molecule has 0 bridgehead atoms. The molecular formula is C13H24N4. The van der Waals surface area contributed by atoms with Crippen LogP contribution in [-0.4, -0.2) is 33.6 Å². The lowest BCUT2D eigenvalue weighted by Crippen LogP contribution is -2.38. The third-order valence-electron chi connectivity index (χ3n) is 3.94. The van der Waals surface area contributed by atoms with Gasteiger partial charge in [-0.1, -0.05) is 6.92 Å². The lowest BCUT2D eigenvalue weighted by molar-refractivity contribution is 0.174. The number of rotatable bonds is 5. The lowest BCUT2D eigenvalue weighted by atomic mass is 10.1. The first-order valence-corrected chi connectivity index (χ1v) is 6.77. The number of aryl methyl sites for hydroxylation is 1. The average Bonchev–Trinajstić information content (AvgIpc) is 2.98. The molecule has 1 aliphatic heterocycles. The second-order valence-corrected chi connectivity index (χ2v) is 4.80. The van der Waals surface area contributed by atoms with Gasteiger partial charge >= 0.3 is 0 Å². The number of nitrogens with two attached hydrogens (primary N) is 1. The van der Waals surface area contributed by atoms with Crippen LogP contribution in [0.25, 0.3) is 0 Å². The van der Waals surface area contributed by atoms with Crippen LogP contribution >= 0.6 is 0 Å². The lowest BCUT2D eigenvalue weighted by Gasteiger charge is -2.32. The SMILES string of the molecule is CCC1CCCN1C(CN)c1cncn1CC. The van der Waals surface area contributed by atoms with Crippen molar-refractivity contribution in [3.63, 3.8) is 0 Å². The van der Waals surface area contributed by atoms with Crippen LogP contribution in [0.15, 0.2) is 12.5 Å². The zero-order valence-electron chi connectivity index (χ0n) is 11.0. The van der Waals surface area contributed by atoms with Gasteiger partial charge in [0.1, 0.15) is 0 Å². The molecule has 0 aliphatic carbocycles. The van der Waals surface area contributed by atoms with Gasteiger partial charge in [0, 0.05) is 25.3 Å². The largest absolute Gasteiger partial charge is 0.333 e. The second-order valence-electron chi connectivity index (χ2n) is 4.80. The Morgan fingerprint density at radius 1 is 1.53 bits per heavy atom. The molecule has 1 aliphatic rings. The maximum Gasteiger partial charge on any atom is 0.0948 e. The van der Waals surface area contributed by atoms with Crippen LogP contribution in [0.1, 0.15) is 44.8 Å². The van der Waals surface area contributed by atoms with E-state index in [1.165, 1.54) is 31.5 Å². The molecule has 17 heavy (non-hydrogen) atoms. The Morgan fingerprint density at radius 2 is 2.35 bits per heavy atom. The third-order valence-corrected chi connectivity index (χ3v) is 3.94. The van der Waals surface area contributed by atoms with Gasteiger partial charge < -0.3 is 10.3 Å². The summed E-state index contributed by atoms with van der Waals surface area (Å²) in [5.41, 5.74) is 7.28. The van der Waals surface area contributed by atoms with Gasteiger partial charge in [0.05, 0.1) is 18.1 Å². The summed E-state index contributed by atoms with van der Waals surface area (Å²) in [5.74, 6) is 0. The Labute approximate surface area is 104 Å². The predicted molar refractivity (Wildman–Crippen MR) is 69.7 cm³/mol. The maximum absolute atomic E-state index is 6.00. The number of nitrogens with zero attached hydrogens (tertiary/aromatic N) is 3. The van der Waals surface area contributed by atoms with E-state index in [0.29, 0.717) is 18.6 Å². The first-order valence-electron chi connectivity index (χ1n) is 6.77. The molecular weight excluding hydrogens is 212 g/mol. The zero-order valence-corrected chi connectivity index (χ0v) is 11.0. The fraction of sp³-hybridized carbons (Fsp3) is 0.769. The van der Waals surface area contributed by atoms with Crippen molar-refractivity contribution in [2.24, 2.45) is 5.73 Å². The summed E-state index contributed by atoms with van der Waals surface area (Å²) in [7, 11) is 0. The van der Waals surface area contributed by atoms with Crippen LogP contribution in [0.4, 0.5) is 0 Å². The molecule has 2 rings (SSSR count). The van der Waals surface area contributed by atoms with Crippen molar-refractivity contribution in [2.45, 2.75) is 51.7 Å². The maximum atomic E-state index is 6.00. The van der Waals surface area contributed by atoms with Gasteiger partial charge in [-0.2, -0.15) is 0 Å². The van der Waals surface area contributed by atoms with Gasteiger partial charge in [-0.3, -0.25) is 4.90 Å². The highest BCUT2D eigenvalue weighted by Gasteiger charge is 2.31. The van der Waals surface area contributed by atoms with E-state index < -0.39 is 0 Å². The van der Waals surface area contributed by atoms with Crippen LogP contribution < -0.4 is 5.73 Å². The molecule has 2 heterocycles. The van der Waals surface area contributed by atoms with E-state index in [-0.39, 0.29) is 0 Å². The van der Waals surface area contributed by atoms with Crippen molar-refractivity contribution in [3.05, 3.63) is 18.2 Å². The van der Waals surface area contributed by atoms with Crippen LogP contribution in [0.5, 0.6) is 0 Å². The number of hydrogen-bond donors (Lipinski definition) is 1. The van der Waals surface area contributed by atoms with E-state index in [4.69, 9.17) is 5.73 Å². The number of hydrogen-bond acceptors (Lipinski definition) is 3. The molecule has 2 unspecified atom stereocenters. The molecule has 4 heteroatoms. The van der Waals surface area contributed by atoms with Crippen molar-refractivity contribution in [3.8, 4) is 0 Å². The smallest absolute Gasteiger partial charge is 0.0948 e. The summed E-state index contributed by atoms with van der Waals surface area (Å²) < 4.78 is 2.21. The van der Waals surface area contributed by atoms with Gasteiger partial charge in [0.2, 0.25) is 0 Å². The molecule has 1 aromatic heterocycles. The van der Waals surface area contributed by atoms with Crippen molar-refractivity contribution in [2.75, 3.05) is 13.1 Å². The van der Waals surface area contributed by atoms with Crippen molar-refractivity contribution in [1.82, 2.24) is 14.5 Å². The normalized spacial score (nSPS) is 23.1. The molecule has 0 amide bonds. The Morgan fingerprint density at radius 3 is 3.00 bits per heavy atom. The van der Waals surface area contributed by atoms with Crippen LogP contribution in [0.2, 0.25) is 0 Å². The Balaban J connectivity index is 2.21. The zero-order chi connectivity index (χ0) is 12.3. The molecule has 0 radical (unpaired) electrons. The molecule has 2 atom stereocenters. The highest BCUT2D eigenvalue weighted by molar-refractivity contribution is 5.08. The summed E-state index contributed by atoms with van der Waals surface area (Å²) in [6, 6.07) is 1.04. The van der Waals surface area contributed by atoms with E-state index >= 15 is 0 Å². The topological polar surface area (TPSA) is 47.1 Å². The van der Waals surface area contributed by atoms with Gasteiger partial charge in [-0.05, 0) is 32.7 Å². The summed E-state index contributed by atoms with van der Waals surface area (Å²) in [5, 5.41) is 0. The third kappa shape index (κ3) is 2.38. The minimum Gasteiger partial charge on any atom is -0.333 e. The van der Waals surface area contributed by atoms with Crippen LogP contribution in [0, 0.1) is 0 Å². The van der Waals surface area contributed by atoms with Gasteiger partial charge in [0.25, 0.3) is 0 Å². The Kier molecular flexibility index (Phi) is 4.18. The number of imidazole rings is 1. The molecule has 1 saturated heterocycles. The summed E-state index contributed by atoms with van der Waals surface area (Å²) >= 11 is 0. The van der Waals surface area contributed by atoms with E-state index in [2.05, 4.69) is 28.3 Å². The van der Waals surface area contributed by atoms with E-state index in [9.17, 15) is 0 Å². The summed E-state index contributed by atoms with van der Waals surface area (Å²) in [4.78, 5) is 6.84. The predicted octanol–water partition coefficient (Wildman–Crippen LogP) is 1.78. The van der Waals surface area contributed by atoms with Crippen molar-refractivity contribution < 1.29 is 0 Å². The summed E-state index contributed by atoms with van der Waals surface area (Å²) in [6.07, 6.45) is 7.72. The molecule has 4 nitrogen and oxygen atoms in total. The minimum atomic E-state index is 0.338. The van der Waals surface area contributed by atoms with E-state index in [1.807, 2.05) is 12.5 Å². The number of likely N-dealkylation sites (tertiary alicyclic amines) is 1. The van der Waals surface area contributed by atoms with E-state index in [0.717, 1.165) is 6.54 Å². The first-order chi connectivity index (χ1) is 8.31. The van der Waals surface area contributed by atoms with E-state index in [1.54, 1.807) is 0 Å². The molecule has 96 valence electrons. The Bertz CT molecular complexity index is 347. The molecule has 1 fully saturated rings. The molecule has 0 spiro atoms. The monoisotopic (exact) mass is 236 g/mol. The fourth-order valence-corrected chi connectivity index (χ4v) is 3.01. The van der Waals surface area contributed by atoms with Crippen LogP contribution in [0.3, 0.4) is 0 Å². The molecule has 0 saturated carbocycles. The minimum absolute atomic E-state index is 0.338. The quantitative estimate of drug-likeness (QED) is 0.847. The van der Waals surface area contributed by atoms with Crippen LogP contribution in [-0.2, 0) is 6.54 Å². The average molecular weight is 236 g/mol. The van der Waals surface area contributed by atoms with Gasteiger partial charge in [-0.25, -0.2) is 4.98 Å². The fourth-order valence-electron chi connectivity index (χ4n) is 3.01.